The monoisotopic (exact) mass is 195 g/mol. The first-order chi connectivity index (χ1) is 6.35. The number of nitriles is 1. The van der Waals surface area contributed by atoms with Gasteiger partial charge in [-0.1, -0.05) is 20.8 Å². The van der Waals surface area contributed by atoms with Gasteiger partial charge in [0.15, 0.2) is 5.41 Å². The fourth-order valence-electron chi connectivity index (χ4n) is 1.89. The molecule has 0 aromatic rings. The van der Waals surface area contributed by atoms with Crippen LogP contribution in [0.4, 0.5) is 0 Å². The van der Waals surface area contributed by atoms with Crippen LogP contribution in [0.5, 0.6) is 0 Å². The van der Waals surface area contributed by atoms with Crippen LogP contribution in [0.3, 0.4) is 0 Å². The summed E-state index contributed by atoms with van der Waals surface area (Å²) in [5.41, 5.74) is -0.679. The maximum atomic E-state index is 11.4. The molecular formula is C11H17NO2. The van der Waals surface area contributed by atoms with E-state index in [2.05, 4.69) is 31.6 Å². The fourth-order valence-corrected chi connectivity index (χ4v) is 1.89. The topological polar surface area (TPSA) is 50.1 Å². The average Bonchev–Trinajstić information content (AvgIpc) is 2.00. The van der Waals surface area contributed by atoms with Gasteiger partial charge < -0.3 is 4.74 Å². The van der Waals surface area contributed by atoms with Crippen LogP contribution in [-0.4, -0.2) is 13.1 Å². The van der Waals surface area contributed by atoms with Crippen LogP contribution in [-0.2, 0) is 9.53 Å². The Morgan fingerprint density at radius 3 is 2.29 bits per heavy atom. The summed E-state index contributed by atoms with van der Waals surface area (Å²) in [6.07, 6.45) is 1.28. The molecule has 0 heterocycles. The number of nitrogens with zero attached hydrogens (tertiary/aromatic N) is 1. The zero-order valence-corrected chi connectivity index (χ0v) is 9.26. The zero-order valence-electron chi connectivity index (χ0n) is 9.26. The van der Waals surface area contributed by atoms with E-state index in [1.165, 1.54) is 7.11 Å². The minimum absolute atomic E-state index is 0.175. The van der Waals surface area contributed by atoms with Gasteiger partial charge in [-0.05, 0) is 24.2 Å². The van der Waals surface area contributed by atoms with E-state index < -0.39 is 5.41 Å². The highest BCUT2D eigenvalue weighted by atomic mass is 16.5. The summed E-state index contributed by atoms with van der Waals surface area (Å²) in [6, 6.07) is 2.09. The van der Waals surface area contributed by atoms with Gasteiger partial charge in [-0.25, -0.2) is 0 Å². The molecule has 0 aromatic carbocycles. The van der Waals surface area contributed by atoms with Crippen molar-refractivity contribution in [3.05, 3.63) is 0 Å². The molecule has 3 nitrogen and oxygen atoms in total. The lowest BCUT2D eigenvalue weighted by Crippen LogP contribution is -2.47. The molecule has 1 aliphatic carbocycles. The number of ether oxygens (including phenoxy) is 1. The average molecular weight is 195 g/mol. The predicted octanol–water partition coefficient (Wildman–Crippen LogP) is 2.13. The van der Waals surface area contributed by atoms with Gasteiger partial charge in [0.1, 0.15) is 0 Å². The van der Waals surface area contributed by atoms with E-state index in [1.807, 2.05) is 0 Å². The Morgan fingerprint density at radius 2 is 2.00 bits per heavy atom. The number of methoxy groups -OCH3 is 1. The van der Waals surface area contributed by atoms with Gasteiger partial charge in [0.05, 0.1) is 13.2 Å². The lowest BCUT2D eigenvalue weighted by atomic mass is 9.55. The maximum Gasteiger partial charge on any atom is 0.326 e. The van der Waals surface area contributed by atoms with Crippen molar-refractivity contribution >= 4 is 5.97 Å². The minimum atomic E-state index is -0.854. The minimum Gasteiger partial charge on any atom is -0.468 e. The molecule has 3 heteroatoms. The number of rotatable bonds is 1. The molecule has 0 atom stereocenters. The summed E-state index contributed by atoms with van der Waals surface area (Å²) in [6.45, 7) is 6.41. The predicted molar refractivity (Wildman–Crippen MR) is 52.2 cm³/mol. The van der Waals surface area contributed by atoms with E-state index in [4.69, 9.17) is 5.26 Å². The van der Waals surface area contributed by atoms with Gasteiger partial charge in [-0.2, -0.15) is 5.26 Å². The molecule has 1 fully saturated rings. The van der Waals surface area contributed by atoms with Crippen LogP contribution in [0.1, 0.15) is 33.6 Å². The van der Waals surface area contributed by atoms with Crippen LogP contribution >= 0.6 is 0 Å². The molecule has 0 bridgehead atoms. The lowest BCUT2D eigenvalue weighted by molar-refractivity contribution is -0.159. The third-order valence-corrected chi connectivity index (χ3v) is 3.20. The van der Waals surface area contributed by atoms with Crippen molar-refractivity contribution in [1.82, 2.24) is 0 Å². The van der Waals surface area contributed by atoms with Gasteiger partial charge in [0, 0.05) is 0 Å². The SMILES string of the molecule is COC(=O)C1(C#N)CC(C(C)(C)C)C1. The Hall–Kier alpha value is -1.04. The van der Waals surface area contributed by atoms with Crippen LogP contribution in [0.25, 0.3) is 0 Å². The summed E-state index contributed by atoms with van der Waals surface area (Å²) < 4.78 is 4.65. The highest BCUT2D eigenvalue weighted by Gasteiger charge is 2.54. The van der Waals surface area contributed by atoms with E-state index in [9.17, 15) is 4.79 Å². The van der Waals surface area contributed by atoms with Crippen molar-refractivity contribution in [3.8, 4) is 6.07 Å². The molecule has 0 aromatic heterocycles. The molecule has 0 radical (unpaired) electrons. The number of hydrogen-bond acceptors (Lipinski definition) is 3. The first-order valence-electron chi connectivity index (χ1n) is 4.85. The number of esters is 1. The summed E-state index contributed by atoms with van der Waals surface area (Å²) in [5.74, 6) is 0.0711. The molecule has 0 unspecified atom stereocenters. The third-order valence-electron chi connectivity index (χ3n) is 3.20. The van der Waals surface area contributed by atoms with Crippen molar-refractivity contribution in [2.75, 3.05) is 7.11 Å². The summed E-state index contributed by atoms with van der Waals surface area (Å²) in [5, 5.41) is 8.97. The number of carbonyl (C=O) groups excluding carboxylic acids is 1. The largest absolute Gasteiger partial charge is 0.468 e. The zero-order chi connectivity index (χ0) is 11.0. The molecule has 1 saturated carbocycles. The highest BCUT2D eigenvalue weighted by Crippen LogP contribution is 2.53. The van der Waals surface area contributed by atoms with E-state index >= 15 is 0 Å². The normalized spacial score (nSPS) is 31.5. The fraction of sp³-hybridized carbons (Fsp3) is 0.818. The van der Waals surface area contributed by atoms with Crippen LogP contribution < -0.4 is 0 Å². The van der Waals surface area contributed by atoms with Gasteiger partial charge >= 0.3 is 5.97 Å². The van der Waals surface area contributed by atoms with Crippen molar-refractivity contribution in [2.45, 2.75) is 33.6 Å². The van der Waals surface area contributed by atoms with Crippen molar-refractivity contribution < 1.29 is 9.53 Å². The van der Waals surface area contributed by atoms with Gasteiger partial charge in [-0.15, -0.1) is 0 Å². The summed E-state index contributed by atoms with van der Waals surface area (Å²) in [7, 11) is 1.34. The van der Waals surface area contributed by atoms with Gasteiger partial charge in [0.2, 0.25) is 0 Å². The van der Waals surface area contributed by atoms with Gasteiger partial charge in [-0.3, -0.25) is 4.79 Å². The molecule has 0 spiro atoms. The maximum absolute atomic E-state index is 11.4. The molecule has 14 heavy (non-hydrogen) atoms. The molecular weight excluding hydrogens is 178 g/mol. The summed E-state index contributed by atoms with van der Waals surface area (Å²) in [4.78, 5) is 11.4. The van der Waals surface area contributed by atoms with Crippen LogP contribution in [0.15, 0.2) is 0 Å². The number of carbonyl (C=O) groups is 1. The van der Waals surface area contributed by atoms with Crippen LogP contribution in [0, 0.1) is 28.1 Å². The molecule has 0 saturated heterocycles. The molecule has 0 N–H and O–H groups in total. The quantitative estimate of drug-likeness (QED) is 0.602. The standard InChI is InChI=1S/C11H17NO2/c1-10(2,3)8-5-11(6-8,7-12)9(13)14-4/h8H,5-6H2,1-4H3. The Balaban J connectivity index is 2.68. The van der Waals surface area contributed by atoms with Crippen molar-refractivity contribution in [2.24, 2.45) is 16.7 Å². The highest BCUT2D eigenvalue weighted by molar-refractivity contribution is 5.81. The second-order valence-electron chi connectivity index (χ2n) is 5.16. The molecule has 78 valence electrons. The van der Waals surface area contributed by atoms with Crippen molar-refractivity contribution in [3.63, 3.8) is 0 Å². The lowest BCUT2D eigenvalue weighted by Gasteiger charge is -2.46. The van der Waals surface area contributed by atoms with E-state index in [0.29, 0.717) is 18.8 Å². The Labute approximate surface area is 85.1 Å². The van der Waals surface area contributed by atoms with Crippen molar-refractivity contribution in [1.29, 1.82) is 5.26 Å². The first-order valence-corrected chi connectivity index (χ1v) is 4.85. The number of hydrogen-bond donors (Lipinski definition) is 0. The summed E-state index contributed by atoms with van der Waals surface area (Å²) >= 11 is 0. The second-order valence-corrected chi connectivity index (χ2v) is 5.16. The third kappa shape index (κ3) is 1.61. The first kappa shape index (κ1) is 11.0. The Morgan fingerprint density at radius 1 is 1.50 bits per heavy atom. The second kappa shape index (κ2) is 3.27. The molecule has 0 amide bonds. The van der Waals surface area contributed by atoms with E-state index in [-0.39, 0.29) is 11.4 Å². The van der Waals surface area contributed by atoms with E-state index in [1.54, 1.807) is 0 Å². The Bertz CT molecular complexity index is 277. The van der Waals surface area contributed by atoms with E-state index in [0.717, 1.165) is 0 Å². The molecule has 0 aliphatic heterocycles. The Kier molecular flexibility index (Phi) is 2.58. The molecule has 1 aliphatic rings. The smallest absolute Gasteiger partial charge is 0.326 e. The molecule has 1 rings (SSSR count). The van der Waals surface area contributed by atoms with Gasteiger partial charge in [0.25, 0.3) is 0 Å². The van der Waals surface area contributed by atoms with Crippen LogP contribution in [0.2, 0.25) is 0 Å².